The van der Waals surface area contributed by atoms with Crippen molar-refractivity contribution in [3.05, 3.63) is 57.0 Å². The third kappa shape index (κ3) is 5.21. The van der Waals surface area contributed by atoms with Crippen LogP contribution < -0.4 is 10.1 Å². The van der Waals surface area contributed by atoms with Gasteiger partial charge in [0.05, 0.1) is 7.11 Å². The first-order chi connectivity index (χ1) is 14.2. The smallest absolute Gasteiger partial charge is 0.246 e. The number of methoxy groups -OCH3 is 1. The van der Waals surface area contributed by atoms with Gasteiger partial charge in [-0.25, -0.2) is 8.42 Å². The van der Waals surface area contributed by atoms with Crippen molar-refractivity contribution in [1.29, 1.82) is 0 Å². The summed E-state index contributed by atoms with van der Waals surface area (Å²) >= 11 is 18.0. The van der Waals surface area contributed by atoms with E-state index in [4.69, 9.17) is 39.5 Å². The predicted octanol–water partition coefficient (Wildman–Crippen LogP) is 4.37. The lowest BCUT2D eigenvalue weighted by atomic mass is 9.97. The largest absolute Gasteiger partial charge is 0.495 e. The number of sulfonamides is 1. The van der Waals surface area contributed by atoms with Gasteiger partial charge in [0.1, 0.15) is 10.6 Å². The van der Waals surface area contributed by atoms with Gasteiger partial charge in [-0.2, -0.15) is 4.31 Å². The molecule has 2 aromatic rings. The maximum absolute atomic E-state index is 13.0. The van der Waals surface area contributed by atoms with Crippen molar-refractivity contribution in [2.75, 3.05) is 20.2 Å². The van der Waals surface area contributed by atoms with Gasteiger partial charge in [-0.15, -0.1) is 0 Å². The summed E-state index contributed by atoms with van der Waals surface area (Å²) in [5.74, 6) is -0.165. The number of hydrogen-bond acceptors (Lipinski definition) is 4. The molecule has 0 radical (unpaired) electrons. The van der Waals surface area contributed by atoms with Crippen LogP contribution in [0.4, 0.5) is 0 Å². The van der Waals surface area contributed by atoms with Crippen LogP contribution in [-0.2, 0) is 21.4 Å². The summed E-state index contributed by atoms with van der Waals surface area (Å²) in [7, 11) is -2.37. The van der Waals surface area contributed by atoms with Gasteiger partial charge in [0.2, 0.25) is 15.9 Å². The molecule has 162 valence electrons. The Hall–Kier alpha value is -1.51. The Bertz CT molecular complexity index is 1040. The van der Waals surface area contributed by atoms with E-state index in [1.807, 2.05) is 0 Å². The number of amides is 1. The molecular formula is C20H21Cl3N2O4S. The molecule has 3 rings (SSSR count). The van der Waals surface area contributed by atoms with Crippen molar-refractivity contribution >= 4 is 50.7 Å². The third-order valence-corrected chi connectivity index (χ3v) is 7.78. The summed E-state index contributed by atoms with van der Waals surface area (Å²) in [5.41, 5.74) is 0.766. The van der Waals surface area contributed by atoms with E-state index in [9.17, 15) is 13.2 Å². The van der Waals surface area contributed by atoms with Crippen LogP contribution in [0, 0.1) is 5.92 Å². The fourth-order valence-corrected chi connectivity index (χ4v) is 5.70. The van der Waals surface area contributed by atoms with Crippen LogP contribution in [-0.4, -0.2) is 38.8 Å². The molecule has 1 aliphatic rings. The highest BCUT2D eigenvalue weighted by molar-refractivity contribution is 7.89. The number of halogens is 3. The van der Waals surface area contributed by atoms with E-state index < -0.39 is 10.0 Å². The molecule has 30 heavy (non-hydrogen) atoms. The number of hydrogen-bond donors (Lipinski definition) is 1. The Morgan fingerprint density at radius 3 is 2.37 bits per heavy atom. The van der Waals surface area contributed by atoms with Crippen LogP contribution in [0.3, 0.4) is 0 Å². The van der Waals surface area contributed by atoms with Crippen molar-refractivity contribution in [3.8, 4) is 5.75 Å². The van der Waals surface area contributed by atoms with Crippen molar-refractivity contribution < 1.29 is 17.9 Å². The van der Waals surface area contributed by atoms with Crippen LogP contribution in [0.15, 0.2) is 41.3 Å². The zero-order valence-corrected chi connectivity index (χ0v) is 19.3. The minimum absolute atomic E-state index is 0.0257. The molecule has 0 aromatic heterocycles. The summed E-state index contributed by atoms with van der Waals surface area (Å²) in [5, 5.41) is 4.19. The van der Waals surface area contributed by atoms with Crippen molar-refractivity contribution in [3.63, 3.8) is 0 Å². The topological polar surface area (TPSA) is 75.7 Å². The monoisotopic (exact) mass is 490 g/mol. The van der Waals surface area contributed by atoms with E-state index in [0.717, 1.165) is 5.56 Å². The summed E-state index contributed by atoms with van der Waals surface area (Å²) in [6.07, 6.45) is 0.838. The number of ether oxygens (including phenoxy) is 1. The van der Waals surface area contributed by atoms with Gasteiger partial charge in [-0.1, -0.05) is 40.9 Å². The van der Waals surface area contributed by atoms with Crippen LogP contribution in [0.2, 0.25) is 15.1 Å². The molecule has 1 saturated heterocycles. The van der Waals surface area contributed by atoms with Crippen molar-refractivity contribution in [2.24, 2.45) is 5.92 Å². The summed E-state index contributed by atoms with van der Waals surface area (Å²) < 4.78 is 32.6. The van der Waals surface area contributed by atoms with Gasteiger partial charge in [-0.05, 0) is 48.7 Å². The maximum Gasteiger partial charge on any atom is 0.246 e. The van der Waals surface area contributed by atoms with E-state index in [2.05, 4.69) is 5.32 Å². The zero-order valence-electron chi connectivity index (χ0n) is 16.2. The van der Waals surface area contributed by atoms with Gasteiger partial charge >= 0.3 is 0 Å². The van der Waals surface area contributed by atoms with Crippen LogP contribution >= 0.6 is 34.8 Å². The molecule has 1 amide bonds. The zero-order chi connectivity index (χ0) is 21.9. The number of nitrogens with one attached hydrogen (secondary N) is 1. The van der Waals surface area contributed by atoms with Gasteiger partial charge in [0.15, 0.2) is 0 Å². The molecule has 1 N–H and O–H groups in total. The lowest BCUT2D eigenvalue weighted by molar-refractivity contribution is -0.126. The molecule has 0 unspecified atom stereocenters. The highest BCUT2D eigenvalue weighted by Crippen LogP contribution is 2.32. The second-order valence-electron chi connectivity index (χ2n) is 6.93. The van der Waals surface area contributed by atoms with E-state index in [0.29, 0.717) is 27.9 Å². The first-order valence-electron chi connectivity index (χ1n) is 9.27. The molecule has 1 aliphatic heterocycles. The quantitative estimate of drug-likeness (QED) is 0.651. The number of rotatable bonds is 6. The average molecular weight is 492 g/mol. The fraction of sp³-hybridized carbons (Fsp3) is 0.350. The van der Waals surface area contributed by atoms with Gasteiger partial charge in [0, 0.05) is 40.6 Å². The molecule has 10 heteroatoms. The second-order valence-corrected chi connectivity index (χ2v) is 10.1. The number of carbonyl (C=O) groups excluding carboxylic acids is 1. The predicted molar refractivity (Wildman–Crippen MR) is 118 cm³/mol. The summed E-state index contributed by atoms with van der Waals surface area (Å²) in [6, 6.07) is 9.57. The molecule has 0 aliphatic carbocycles. The third-order valence-electron chi connectivity index (χ3n) is 5.04. The Kier molecular flexibility index (Phi) is 7.52. The first kappa shape index (κ1) is 23.2. The summed E-state index contributed by atoms with van der Waals surface area (Å²) in [6.45, 7) is 0.753. The molecule has 2 aromatic carbocycles. The van der Waals surface area contributed by atoms with Crippen LogP contribution in [0.5, 0.6) is 5.75 Å². The van der Waals surface area contributed by atoms with E-state index >= 15 is 0 Å². The number of nitrogens with zero attached hydrogens (tertiary/aromatic N) is 1. The molecule has 0 spiro atoms. The van der Waals surface area contributed by atoms with Gasteiger partial charge in [-0.3, -0.25) is 4.79 Å². The lowest BCUT2D eigenvalue weighted by Gasteiger charge is -2.31. The summed E-state index contributed by atoms with van der Waals surface area (Å²) in [4.78, 5) is 12.6. The van der Waals surface area contributed by atoms with Crippen molar-refractivity contribution in [1.82, 2.24) is 9.62 Å². The minimum atomic E-state index is -3.78. The molecular weight excluding hydrogens is 471 g/mol. The molecule has 1 fully saturated rings. The molecule has 6 nitrogen and oxygen atoms in total. The first-order valence-corrected chi connectivity index (χ1v) is 11.8. The van der Waals surface area contributed by atoms with Gasteiger partial charge in [0.25, 0.3) is 0 Å². The Morgan fingerprint density at radius 1 is 1.10 bits per heavy atom. The van der Waals surface area contributed by atoms with Crippen LogP contribution in [0.1, 0.15) is 18.4 Å². The lowest BCUT2D eigenvalue weighted by Crippen LogP contribution is -2.42. The average Bonchev–Trinajstić information content (AvgIpc) is 2.73. The minimum Gasteiger partial charge on any atom is -0.495 e. The Morgan fingerprint density at radius 2 is 1.73 bits per heavy atom. The standard InChI is InChI=1S/C20H21Cl3N2O4S/c1-29-18-5-4-16(22)11-19(18)30(27,28)25-8-6-13(7-9-25)20(26)24-12-14-2-3-15(21)10-17(14)23/h2-5,10-11,13H,6-9,12H2,1H3,(H,24,26). The van der Waals surface area contributed by atoms with Crippen LogP contribution in [0.25, 0.3) is 0 Å². The number of piperidine rings is 1. The van der Waals surface area contributed by atoms with E-state index in [1.165, 1.54) is 23.5 Å². The van der Waals surface area contributed by atoms with E-state index in [-0.39, 0.29) is 42.1 Å². The van der Waals surface area contributed by atoms with Gasteiger partial charge < -0.3 is 10.1 Å². The maximum atomic E-state index is 13.0. The second kappa shape index (κ2) is 9.75. The number of carbonyl (C=O) groups is 1. The Balaban J connectivity index is 1.61. The number of benzene rings is 2. The molecule has 0 atom stereocenters. The van der Waals surface area contributed by atoms with Crippen molar-refractivity contribution in [2.45, 2.75) is 24.3 Å². The fourth-order valence-electron chi connectivity index (χ4n) is 3.34. The SMILES string of the molecule is COc1ccc(Cl)cc1S(=O)(=O)N1CCC(C(=O)NCc2ccc(Cl)cc2Cl)CC1. The molecule has 1 heterocycles. The highest BCUT2D eigenvalue weighted by atomic mass is 35.5. The molecule has 0 saturated carbocycles. The van der Waals surface area contributed by atoms with E-state index in [1.54, 1.807) is 24.3 Å². The Labute approximate surface area is 191 Å². The molecule has 0 bridgehead atoms. The normalized spacial score (nSPS) is 15.7. The highest BCUT2D eigenvalue weighted by Gasteiger charge is 2.33.